The van der Waals surface area contributed by atoms with Gasteiger partial charge in [-0.2, -0.15) is 5.10 Å². The second kappa shape index (κ2) is 6.22. The minimum atomic E-state index is -0.294. The molecule has 3 rings (SSSR count). The van der Waals surface area contributed by atoms with Crippen LogP contribution in [0.1, 0.15) is 27.6 Å². The summed E-state index contributed by atoms with van der Waals surface area (Å²) in [6.07, 6.45) is 0. The zero-order chi connectivity index (χ0) is 16.4. The summed E-state index contributed by atoms with van der Waals surface area (Å²) in [5.41, 5.74) is 4.97. The Kier molecular flexibility index (Phi) is 4.12. The standard InChI is InChI=1S/C17H14ClN3O2/c1-11(19-20-15-9-5-4-8-14(15)18)10-21-16(22)12-6-2-3-7-13(12)17(21)23/h2-9,20H,10H2,1H3/b19-11+. The topological polar surface area (TPSA) is 61.8 Å². The van der Waals surface area contributed by atoms with Crippen molar-refractivity contribution >= 4 is 34.8 Å². The van der Waals surface area contributed by atoms with Gasteiger partial charge in [0.05, 0.1) is 34.1 Å². The third kappa shape index (κ3) is 2.96. The van der Waals surface area contributed by atoms with Gasteiger partial charge in [-0.05, 0) is 31.2 Å². The zero-order valence-electron chi connectivity index (χ0n) is 12.4. The Morgan fingerprint density at radius 3 is 2.22 bits per heavy atom. The number of halogens is 1. The molecule has 0 bridgehead atoms. The maximum absolute atomic E-state index is 12.3. The smallest absolute Gasteiger partial charge is 0.261 e. The van der Waals surface area contributed by atoms with Crippen LogP contribution >= 0.6 is 11.6 Å². The van der Waals surface area contributed by atoms with Crippen molar-refractivity contribution in [1.82, 2.24) is 4.90 Å². The van der Waals surface area contributed by atoms with Crippen LogP contribution in [-0.4, -0.2) is 29.0 Å². The fraction of sp³-hybridized carbons (Fsp3) is 0.118. The van der Waals surface area contributed by atoms with E-state index in [4.69, 9.17) is 11.6 Å². The first-order valence-electron chi connectivity index (χ1n) is 7.07. The van der Waals surface area contributed by atoms with Crippen LogP contribution in [0.5, 0.6) is 0 Å². The van der Waals surface area contributed by atoms with Crippen LogP contribution in [0.15, 0.2) is 53.6 Å². The van der Waals surface area contributed by atoms with Crippen molar-refractivity contribution < 1.29 is 9.59 Å². The number of anilines is 1. The molecule has 0 radical (unpaired) electrons. The summed E-state index contributed by atoms with van der Waals surface area (Å²) in [5.74, 6) is -0.587. The molecule has 2 aromatic carbocycles. The van der Waals surface area contributed by atoms with E-state index in [1.807, 2.05) is 12.1 Å². The maximum atomic E-state index is 12.3. The van der Waals surface area contributed by atoms with Gasteiger partial charge < -0.3 is 0 Å². The Balaban J connectivity index is 1.73. The van der Waals surface area contributed by atoms with Crippen molar-refractivity contribution in [2.75, 3.05) is 12.0 Å². The third-order valence-electron chi connectivity index (χ3n) is 3.51. The van der Waals surface area contributed by atoms with Crippen molar-refractivity contribution in [3.05, 3.63) is 64.7 Å². The van der Waals surface area contributed by atoms with Crippen molar-refractivity contribution in [3.8, 4) is 0 Å². The molecule has 1 aliphatic heterocycles. The van der Waals surface area contributed by atoms with Crippen LogP contribution in [0.4, 0.5) is 5.69 Å². The van der Waals surface area contributed by atoms with Gasteiger partial charge in [0.1, 0.15) is 0 Å². The minimum Gasteiger partial charge on any atom is -0.277 e. The molecule has 1 N–H and O–H groups in total. The molecular formula is C17H14ClN3O2. The van der Waals surface area contributed by atoms with Crippen molar-refractivity contribution in [2.24, 2.45) is 5.10 Å². The Morgan fingerprint density at radius 1 is 1.04 bits per heavy atom. The van der Waals surface area contributed by atoms with Gasteiger partial charge in [0.15, 0.2) is 0 Å². The highest BCUT2D eigenvalue weighted by Gasteiger charge is 2.35. The Morgan fingerprint density at radius 2 is 1.61 bits per heavy atom. The molecule has 23 heavy (non-hydrogen) atoms. The summed E-state index contributed by atoms with van der Waals surface area (Å²) in [6, 6.07) is 14.0. The number of fused-ring (bicyclic) bond motifs is 1. The predicted octanol–water partition coefficient (Wildman–Crippen LogP) is 3.42. The first-order chi connectivity index (χ1) is 11.1. The van der Waals surface area contributed by atoms with E-state index in [1.54, 1.807) is 43.3 Å². The number of para-hydroxylation sites is 1. The number of benzene rings is 2. The quantitative estimate of drug-likeness (QED) is 0.531. The molecule has 0 aromatic heterocycles. The van der Waals surface area contributed by atoms with E-state index in [0.29, 0.717) is 27.5 Å². The highest BCUT2D eigenvalue weighted by atomic mass is 35.5. The van der Waals surface area contributed by atoms with E-state index in [2.05, 4.69) is 10.5 Å². The first-order valence-corrected chi connectivity index (χ1v) is 7.44. The van der Waals surface area contributed by atoms with E-state index in [-0.39, 0.29) is 18.4 Å². The normalized spacial score (nSPS) is 14.2. The van der Waals surface area contributed by atoms with Gasteiger partial charge in [-0.15, -0.1) is 0 Å². The second-order valence-corrected chi connectivity index (χ2v) is 5.59. The van der Waals surface area contributed by atoms with Gasteiger partial charge in [0.2, 0.25) is 0 Å². The largest absolute Gasteiger partial charge is 0.277 e. The molecule has 2 amide bonds. The molecule has 0 saturated heterocycles. The highest BCUT2D eigenvalue weighted by molar-refractivity contribution is 6.33. The number of rotatable bonds is 4. The molecule has 1 aliphatic rings. The Labute approximate surface area is 138 Å². The molecule has 1 heterocycles. The van der Waals surface area contributed by atoms with Crippen LogP contribution < -0.4 is 5.43 Å². The van der Waals surface area contributed by atoms with Gasteiger partial charge in [-0.1, -0.05) is 35.9 Å². The summed E-state index contributed by atoms with van der Waals surface area (Å²) in [7, 11) is 0. The Bertz CT molecular complexity index is 782. The van der Waals surface area contributed by atoms with Gasteiger partial charge >= 0.3 is 0 Å². The number of hydrogen-bond acceptors (Lipinski definition) is 4. The van der Waals surface area contributed by atoms with Crippen LogP contribution in [0.3, 0.4) is 0 Å². The van der Waals surface area contributed by atoms with Crippen molar-refractivity contribution in [1.29, 1.82) is 0 Å². The van der Waals surface area contributed by atoms with E-state index in [1.165, 1.54) is 4.90 Å². The first kappa shape index (κ1) is 15.2. The van der Waals surface area contributed by atoms with Crippen LogP contribution in [-0.2, 0) is 0 Å². The molecule has 0 atom stereocenters. The molecule has 2 aromatic rings. The number of hydrazone groups is 1. The summed E-state index contributed by atoms with van der Waals surface area (Å²) < 4.78 is 0. The zero-order valence-corrected chi connectivity index (χ0v) is 13.2. The van der Waals surface area contributed by atoms with Crippen LogP contribution in [0.25, 0.3) is 0 Å². The molecular weight excluding hydrogens is 314 g/mol. The van der Waals surface area contributed by atoms with Gasteiger partial charge in [0, 0.05) is 0 Å². The number of nitrogens with zero attached hydrogens (tertiary/aromatic N) is 2. The lowest BCUT2D eigenvalue weighted by atomic mass is 10.1. The number of nitrogens with one attached hydrogen (secondary N) is 1. The lowest BCUT2D eigenvalue weighted by Gasteiger charge is -2.13. The summed E-state index contributed by atoms with van der Waals surface area (Å²) in [4.78, 5) is 25.8. The fourth-order valence-electron chi connectivity index (χ4n) is 2.35. The van der Waals surface area contributed by atoms with Crippen LogP contribution in [0, 0.1) is 0 Å². The molecule has 6 heteroatoms. The average molecular weight is 328 g/mol. The molecule has 116 valence electrons. The number of carbonyl (C=O) groups is 2. The van der Waals surface area contributed by atoms with Crippen molar-refractivity contribution in [3.63, 3.8) is 0 Å². The minimum absolute atomic E-state index is 0.129. The lowest BCUT2D eigenvalue weighted by molar-refractivity contribution is 0.0677. The Hall–Kier alpha value is -2.66. The average Bonchev–Trinajstić information content (AvgIpc) is 2.80. The summed E-state index contributed by atoms with van der Waals surface area (Å²) in [5, 5.41) is 4.73. The van der Waals surface area contributed by atoms with E-state index in [9.17, 15) is 9.59 Å². The third-order valence-corrected chi connectivity index (χ3v) is 3.84. The summed E-state index contributed by atoms with van der Waals surface area (Å²) in [6.45, 7) is 1.87. The molecule has 0 unspecified atom stereocenters. The molecule has 5 nitrogen and oxygen atoms in total. The van der Waals surface area contributed by atoms with Gasteiger partial charge in [0.25, 0.3) is 11.8 Å². The highest BCUT2D eigenvalue weighted by Crippen LogP contribution is 2.23. The van der Waals surface area contributed by atoms with E-state index in [0.717, 1.165) is 0 Å². The maximum Gasteiger partial charge on any atom is 0.261 e. The molecule has 0 fully saturated rings. The monoisotopic (exact) mass is 327 g/mol. The lowest BCUT2D eigenvalue weighted by Crippen LogP contribution is -2.34. The molecule has 0 saturated carbocycles. The van der Waals surface area contributed by atoms with E-state index >= 15 is 0 Å². The summed E-state index contributed by atoms with van der Waals surface area (Å²) >= 11 is 6.03. The second-order valence-electron chi connectivity index (χ2n) is 5.18. The SMILES string of the molecule is C/C(CN1C(=O)c2ccccc2C1=O)=N\Nc1ccccc1Cl. The van der Waals surface area contributed by atoms with E-state index < -0.39 is 0 Å². The number of carbonyl (C=O) groups excluding carboxylic acids is 2. The molecule has 0 spiro atoms. The van der Waals surface area contributed by atoms with Gasteiger partial charge in [-0.25, -0.2) is 0 Å². The van der Waals surface area contributed by atoms with Crippen molar-refractivity contribution in [2.45, 2.75) is 6.92 Å². The molecule has 0 aliphatic carbocycles. The number of imide groups is 1. The number of amides is 2. The van der Waals surface area contributed by atoms with Crippen LogP contribution in [0.2, 0.25) is 5.02 Å². The number of hydrogen-bond donors (Lipinski definition) is 1. The fourth-order valence-corrected chi connectivity index (χ4v) is 2.53. The van der Waals surface area contributed by atoms with Gasteiger partial charge in [-0.3, -0.25) is 19.9 Å². The predicted molar refractivity (Wildman–Crippen MR) is 90.0 cm³/mol.